The Morgan fingerprint density at radius 1 is 1.42 bits per heavy atom. The molecule has 0 spiro atoms. The Morgan fingerprint density at radius 3 is 3.00 bits per heavy atom. The molecule has 12 heavy (non-hydrogen) atoms. The summed E-state index contributed by atoms with van der Waals surface area (Å²) in [6.07, 6.45) is 5.47. The fourth-order valence-corrected chi connectivity index (χ4v) is 1.11. The van der Waals surface area contributed by atoms with Crippen molar-refractivity contribution < 1.29 is 0 Å². The van der Waals surface area contributed by atoms with Crippen molar-refractivity contribution in [1.82, 2.24) is 10.9 Å². The highest BCUT2D eigenvalue weighted by Gasteiger charge is 2.00. The average molecular weight is 165 g/mol. The summed E-state index contributed by atoms with van der Waals surface area (Å²) >= 11 is 0. The van der Waals surface area contributed by atoms with Gasteiger partial charge in [0.25, 0.3) is 0 Å². The van der Waals surface area contributed by atoms with Crippen LogP contribution in [-0.4, -0.2) is 13.3 Å². The minimum Gasteiger partial charge on any atom is -0.320 e. The summed E-state index contributed by atoms with van der Waals surface area (Å²) in [5, 5.41) is 0. The molecule has 0 amide bonds. The van der Waals surface area contributed by atoms with Gasteiger partial charge in [0.2, 0.25) is 0 Å². The van der Waals surface area contributed by atoms with E-state index in [-0.39, 0.29) is 0 Å². The zero-order chi connectivity index (χ0) is 8.81. The highest BCUT2D eigenvalue weighted by atomic mass is 15.4. The van der Waals surface area contributed by atoms with Gasteiger partial charge in [-0.15, -0.1) is 0 Å². The van der Waals surface area contributed by atoms with Crippen molar-refractivity contribution in [1.29, 1.82) is 0 Å². The van der Waals surface area contributed by atoms with Crippen molar-refractivity contribution >= 4 is 6.72 Å². The lowest BCUT2D eigenvalue weighted by Crippen LogP contribution is -2.31. The lowest BCUT2D eigenvalue weighted by atomic mass is 10.2. The van der Waals surface area contributed by atoms with E-state index in [0.29, 0.717) is 0 Å². The zero-order valence-corrected chi connectivity index (χ0v) is 7.27. The van der Waals surface area contributed by atoms with Gasteiger partial charge in [-0.3, -0.25) is 4.99 Å². The second kappa shape index (κ2) is 4.72. The standard InChI is InChI=1S/C9H15N3/c1-8-9(10-2)6-4-3-5-7-11-12-8/h6,11-12H,1-5,7H2/b9-6+. The third-order valence-corrected chi connectivity index (χ3v) is 1.81. The number of nitrogens with zero attached hydrogens (tertiary/aromatic N) is 1. The molecule has 3 nitrogen and oxygen atoms in total. The predicted octanol–water partition coefficient (Wildman–Crippen LogP) is 1.36. The molecule has 0 aromatic heterocycles. The highest BCUT2D eigenvalue weighted by molar-refractivity contribution is 5.36. The molecular weight excluding hydrogens is 150 g/mol. The van der Waals surface area contributed by atoms with Crippen LogP contribution in [0.25, 0.3) is 0 Å². The van der Waals surface area contributed by atoms with E-state index in [0.717, 1.165) is 24.4 Å². The van der Waals surface area contributed by atoms with Gasteiger partial charge in [0.1, 0.15) is 0 Å². The second-order valence-corrected chi connectivity index (χ2v) is 2.77. The minimum atomic E-state index is 0.798. The molecule has 1 rings (SSSR count). The van der Waals surface area contributed by atoms with Crippen LogP contribution in [0, 0.1) is 0 Å². The van der Waals surface area contributed by atoms with Crippen LogP contribution in [0.1, 0.15) is 19.3 Å². The number of allylic oxidation sites excluding steroid dienone is 1. The van der Waals surface area contributed by atoms with Crippen LogP contribution in [0.15, 0.2) is 29.0 Å². The van der Waals surface area contributed by atoms with E-state index in [2.05, 4.69) is 35.2 Å². The first-order valence-corrected chi connectivity index (χ1v) is 4.19. The third-order valence-electron chi connectivity index (χ3n) is 1.81. The molecule has 0 aliphatic carbocycles. The molecule has 3 heteroatoms. The number of nitrogens with one attached hydrogen (secondary N) is 2. The molecule has 0 aromatic rings. The van der Waals surface area contributed by atoms with Crippen LogP contribution in [-0.2, 0) is 0 Å². The van der Waals surface area contributed by atoms with E-state index < -0.39 is 0 Å². The zero-order valence-electron chi connectivity index (χ0n) is 7.27. The fraction of sp³-hybridized carbons (Fsp3) is 0.444. The second-order valence-electron chi connectivity index (χ2n) is 2.77. The Labute approximate surface area is 73.2 Å². The largest absolute Gasteiger partial charge is 0.320 e. The molecule has 1 heterocycles. The summed E-state index contributed by atoms with van der Waals surface area (Å²) in [4.78, 5) is 3.88. The summed E-state index contributed by atoms with van der Waals surface area (Å²) in [6, 6.07) is 0. The van der Waals surface area contributed by atoms with Crippen molar-refractivity contribution in [3.05, 3.63) is 24.0 Å². The molecule has 0 atom stereocenters. The van der Waals surface area contributed by atoms with Crippen molar-refractivity contribution in [2.75, 3.05) is 6.54 Å². The number of hydrazine groups is 1. The fourth-order valence-electron chi connectivity index (χ4n) is 1.11. The summed E-state index contributed by atoms with van der Waals surface area (Å²) in [5.41, 5.74) is 7.69. The summed E-state index contributed by atoms with van der Waals surface area (Å²) in [7, 11) is 0. The van der Waals surface area contributed by atoms with Crippen molar-refractivity contribution in [2.24, 2.45) is 4.99 Å². The quantitative estimate of drug-likeness (QED) is 0.576. The number of aliphatic imine (C=N–C) groups is 1. The van der Waals surface area contributed by atoms with E-state index >= 15 is 0 Å². The van der Waals surface area contributed by atoms with E-state index in [1.165, 1.54) is 12.8 Å². The van der Waals surface area contributed by atoms with Crippen LogP contribution in [0.5, 0.6) is 0 Å². The molecule has 0 saturated carbocycles. The summed E-state index contributed by atoms with van der Waals surface area (Å²) in [6.45, 7) is 8.29. The lowest BCUT2D eigenvalue weighted by molar-refractivity contribution is 0.576. The predicted molar refractivity (Wildman–Crippen MR) is 51.8 cm³/mol. The number of hydrogen-bond donors (Lipinski definition) is 2. The van der Waals surface area contributed by atoms with E-state index in [1.807, 2.05) is 0 Å². The highest BCUT2D eigenvalue weighted by Crippen LogP contribution is 2.09. The van der Waals surface area contributed by atoms with Crippen LogP contribution in [0.4, 0.5) is 0 Å². The Bertz CT molecular complexity index is 206. The Hall–Kier alpha value is -1.09. The average Bonchev–Trinajstić information content (AvgIpc) is 2.17. The first-order chi connectivity index (χ1) is 5.84. The number of rotatable bonds is 1. The smallest absolute Gasteiger partial charge is 0.0821 e. The van der Waals surface area contributed by atoms with Crippen molar-refractivity contribution in [3.8, 4) is 0 Å². The molecule has 1 aliphatic rings. The molecule has 0 bridgehead atoms. The van der Waals surface area contributed by atoms with Gasteiger partial charge >= 0.3 is 0 Å². The Balaban J connectivity index is 2.62. The van der Waals surface area contributed by atoms with Gasteiger partial charge < -0.3 is 5.43 Å². The maximum Gasteiger partial charge on any atom is 0.0821 e. The van der Waals surface area contributed by atoms with Gasteiger partial charge in [0, 0.05) is 6.54 Å². The molecule has 0 fully saturated rings. The molecule has 0 aromatic carbocycles. The van der Waals surface area contributed by atoms with Gasteiger partial charge in [-0.05, 0) is 26.0 Å². The SMILES string of the molecule is C=N/C1=C/CCCCNNC1=C. The Kier molecular flexibility index (Phi) is 3.54. The third kappa shape index (κ3) is 2.51. The van der Waals surface area contributed by atoms with Crippen LogP contribution < -0.4 is 10.9 Å². The molecular formula is C9H15N3. The van der Waals surface area contributed by atoms with Crippen LogP contribution in [0.2, 0.25) is 0 Å². The molecule has 2 N–H and O–H groups in total. The maximum atomic E-state index is 3.88. The van der Waals surface area contributed by atoms with Gasteiger partial charge in [0.05, 0.1) is 11.4 Å². The van der Waals surface area contributed by atoms with Crippen LogP contribution in [0.3, 0.4) is 0 Å². The van der Waals surface area contributed by atoms with E-state index in [4.69, 9.17) is 0 Å². The molecule has 0 saturated heterocycles. The summed E-state index contributed by atoms with van der Waals surface area (Å²) in [5.74, 6) is 0. The van der Waals surface area contributed by atoms with Gasteiger partial charge in [0.15, 0.2) is 0 Å². The van der Waals surface area contributed by atoms with Crippen molar-refractivity contribution in [3.63, 3.8) is 0 Å². The van der Waals surface area contributed by atoms with Crippen molar-refractivity contribution in [2.45, 2.75) is 19.3 Å². The van der Waals surface area contributed by atoms with Gasteiger partial charge in [-0.1, -0.05) is 12.7 Å². The molecule has 66 valence electrons. The lowest BCUT2D eigenvalue weighted by Gasteiger charge is -2.08. The normalized spacial score (nSPS) is 24.0. The van der Waals surface area contributed by atoms with Crippen LogP contribution >= 0.6 is 0 Å². The first-order valence-electron chi connectivity index (χ1n) is 4.19. The van der Waals surface area contributed by atoms with Gasteiger partial charge in [-0.25, -0.2) is 5.43 Å². The molecule has 1 aliphatic heterocycles. The monoisotopic (exact) mass is 165 g/mol. The number of hydrogen-bond acceptors (Lipinski definition) is 3. The first kappa shape index (κ1) is 9.00. The van der Waals surface area contributed by atoms with E-state index in [9.17, 15) is 0 Å². The minimum absolute atomic E-state index is 0.798. The maximum absolute atomic E-state index is 3.88. The summed E-state index contributed by atoms with van der Waals surface area (Å²) < 4.78 is 0. The van der Waals surface area contributed by atoms with Gasteiger partial charge in [-0.2, -0.15) is 0 Å². The molecule has 0 unspecified atom stereocenters. The Morgan fingerprint density at radius 2 is 2.25 bits per heavy atom. The molecule has 0 radical (unpaired) electrons. The topological polar surface area (TPSA) is 36.4 Å². The van der Waals surface area contributed by atoms with E-state index in [1.54, 1.807) is 0 Å².